The van der Waals surface area contributed by atoms with Crippen LogP contribution in [-0.4, -0.2) is 45.6 Å². The van der Waals surface area contributed by atoms with Gasteiger partial charge < -0.3 is 9.84 Å². The summed E-state index contributed by atoms with van der Waals surface area (Å²) >= 11 is 0. The van der Waals surface area contributed by atoms with Crippen LogP contribution in [0.15, 0.2) is 78.9 Å². The second kappa shape index (κ2) is 9.95. The summed E-state index contributed by atoms with van der Waals surface area (Å²) in [5, 5.41) is 8.96. The lowest BCUT2D eigenvalue weighted by Crippen LogP contribution is -2.62. The largest absolute Gasteiger partial charge is 0.478 e. The summed E-state index contributed by atoms with van der Waals surface area (Å²) in [6, 6.07) is 21.6. The van der Waals surface area contributed by atoms with Crippen molar-refractivity contribution < 1.29 is 23.8 Å². The second-order valence-electron chi connectivity index (χ2n) is 9.25. The molecule has 3 aromatic rings. The first-order valence-corrected chi connectivity index (χ1v) is 12.0. The van der Waals surface area contributed by atoms with Crippen molar-refractivity contribution in [3.8, 4) is 5.75 Å². The molecule has 6 nitrogen and oxygen atoms in total. The molecule has 1 spiro atoms. The molecule has 0 aromatic heterocycles. The Hall–Kier alpha value is -3.97. The molecule has 1 fully saturated rings. The average Bonchev–Trinajstić information content (AvgIpc) is 2.89. The molecule has 184 valence electrons. The minimum absolute atomic E-state index is 0.127. The monoisotopic (exact) mass is 486 g/mol. The Bertz CT molecular complexity index is 1280. The summed E-state index contributed by atoms with van der Waals surface area (Å²) in [5.41, 5.74) is 2.32. The van der Waals surface area contributed by atoms with Crippen LogP contribution in [0.25, 0.3) is 6.08 Å². The first-order valence-electron chi connectivity index (χ1n) is 12.0. The Morgan fingerprint density at radius 3 is 2.36 bits per heavy atom. The summed E-state index contributed by atoms with van der Waals surface area (Å²) < 4.78 is 19.9. The van der Waals surface area contributed by atoms with E-state index in [1.165, 1.54) is 18.2 Å². The Morgan fingerprint density at radius 2 is 1.67 bits per heavy atom. The number of carbonyl (C=O) groups is 2. The van der Waals surface area contributed by atoms with Crippen LogP contribution in [0.4, 0.5) is 4.39 Å². The normalized spacial score (nSPS) is 17.2. The molecule has 0 radical (unpaired) electrons. The highest BCUT2D eigenvalue weighted by atomic mass is 19.1. The van der Waals surface area contributed by atoms with Crippen LogP contribution in [0, 0.1) is 5.82 Å². The van der Waals surface area contributed by atoms with Gasteiger partial charge in [0.05, 0.1) is 5.56 Å². The molecular weight excluding hydrogens is 459 g/mol. The molecule has 0 saturated carbocycles. The molecule has 2 heterocycles. The highest BCUT2D eigenvalue weighted by molar-refractivity contribution is 5.99. The minimum atomic E-state index is -1.05. The highest BCUT2D eigenvalue weighted by Crippen LogP contribution is 2.41. The van der Waals surface area contributed by atoms with Crippen molar-refractivity contribution in [2.75, 3.05) is 13.1 Å². The van der Waals surface area contributed by atoms with Crippen LogP contribution in [0.5, 0.6) is 5.75 Å². The van der Waals surface area contributed by atoms with Gasteiger partial charge in [-0.25, -0.2) is 9.18 Å². The van der Waals surface area contributed by atoms with E-state index in [1.54, 1.807) is 30.3 Å². The molecule has 5 rings (SSSR count). The van der Waals surface area contributed by atoms with Crippen LogP contribution in [0.1, 0.15) is 39.9 Å². The lowest BCUT2D eigenvalue weighted by molar-refractivity contribution is -0.131. The number of ether oxygens (including phenoxy) is 1. The number of carboxylic acid groups (broad SMARTS) is 1. The van der Waals surface area contributed by atoms with Crippen molar-refractivity contribution in [2.45, 2.75) is 31.7 Å². The molecule has 2 aliphatic heterocycles. The smallest absolute Gasteiger partial charge is 0.328 e. The van der Waals surface area contributed by atoms with Crippen molar-refractivity contribution in [1.29, 1.82) is 0 Å². The number of amides is 1. The van der Waals surface area contributed by atoms with E-state index in [0.29, 0.717) is 42.8 Å². The lowest BCUT2D eigenvalue weighted by atomic mass is 9.93. The highest BCUT2D eigenvalue weighted by Gasteiger charge is 2.48. The van der Waals surface area contributed by atoms with E-state index in [9.17, 15) is 14.0 Å². The fourth-order valence-electron chi connectivity index (χ4n) is 4.93. The van der Waals surface area contributed by atoms with Crippen molar-refractivity contribution in [3.05, 3.63) is 107 Å². The van der Waals surface area contributed by atoms with Gasteiger partial charge >= 0.3 is 5.97 Å². The number of carboxylic acids is 1. The Morgan fingerprint density at radius 1 is 0.972 bits per heavy atom. The minimum Gasteiger partial charge on any atom is -0.478 e. The number of fused-ring (bicyclic) bond motifs is 1. The van der Waals surface area contributed by atoms with Gasteiger partial charge in [-0.15, -0.1) is 0 Å². The number of benzene rings is 3. The van der Waals surface area contributed by atoms with Gasteiger partial charge in [0, 0.05) is 45.1 Å². The van der Waals surface area contributed by atoms with E-state index in [-0.39, 0.29) is 11.7 Å². The van der Waals surface area contributed by atoms with Gasteiger partial charge in [-0.2, -0.15) is 0 Å². The first kappa shape index (κ1) is 23.8. The van der Waals surface area contributed by atoms with E-state index in [4.69, 9.17) is 9.84 Å². The molecular formula is C29H27FN2O4. The van der Waals surface area contributed by atoms with Gasteiger partial charge in [-0.05, 0) is 47.0 Å². The number of aliphatic carboxylic acids is 1. The summed E-state index contributed by atoms with van der Waals surface area (Å²) in [6.45, 7) is 2.57. The molecule has 1 saturated heterocycles. The maximum absolute atomic E-state index is 13.8. The summed E-state index contributed by atoms with van der Waals surface area (Å²) in [6.07, 6.45) is 3.78. The number of hydrogen-bond acceptors (Lipinski definition) is 4. The van der Waals surface area contributed by atoms with Gasteiger partial charge in [-0.1, -0.05) is 48.5 Å². The third-order valence-electron chi connectivity index (χ3n) is 6.83. The van der Waals surface area contributed by atoms with Crippen LogP contribution in [0.2, 0.25) is 0 Å². The van der Waals surface area contributed by atoms with Crippen molar-refractivity contribution in [2.24, 2.45) is 0 Å². The van der Waals surface area contributed by atoms with Crippen molar-refractivity contribution in [1.82, 2.24) is 9.80 Å². The molecule has 1 N–H and O–H groups in total. The summed E-state index contributed by atoms with van der Waals surface area (Å²) in [4.78, 5) is 28.9. The van der Waals surface area contributed by atoms with Crippen LogP contribution in [0.3, 0.4) is 0 Å². The number of likely N-dealkylation sites (tertiary alicyclic amines) is 1. The number of carbonyl (C=O) groups excluding carboxylic acids is 1. The van der Waals surface area contributed by atoms with Crippen LogP contribution < -0.4 is 4.74 Å². The zero-order chi connectivity index (χ0) is 25.1. The predicted octanol–water partition coefficient (Wildman–Crippen LogP) is 4.95. The molecule has 7 heteroatoms. The van der Waals surface area contributed by atoms with E-state index in [1.807, 2.05) is 35.2 Å². The SMILES string of the molecule is O=C(O)/C=C/c1ccc2c(c1)C(=O)N(Cc1ccccc1)C1(CCN(Cc3ccc(F)cc3)CC1)O2. The molecule has 3 aromatic carbocycles. The quantitative estimate of drug-likeness (QED) is 0.500. The van der Waals surface area contributed by atoms with Crippen molar-refractivity contribution >= 4 is 18.0 Å². The van der Waals surface area contributed by atoms with Gasteiger partial charge in [0.1, 0.15) is 11.6 Å². The molecule has 36 heavy (non-hydrogen) atoms. The summed E-state index contributed by atoms with van der Waals surface area (Å²) in [7, 11) is 0. The average molecular weight is 487 g/mol. The number of nitrogens with zero attached hydrogens (tertiary/aromatic N) is 2. The topological polar surface area (TPSA) is 70.1 Å². The fraction of sp³-hybridized carbons (Fsp3) is 0.241. The molecule has 0 aliphatic carbocycles. The molecule has 0 bridgehead atoms. The molecule has 0 atom stereocenters. The summed E-state index contributed by atoms with van der Waals surface area (Å²) in [5.74, 6) is -0.906. The van der Waals surface area contributed by atoms with E-state index in [2.05, 4.69) is 4.90 Å². The van der Waals surface area contributed by atoms with Gasteiger partial charge in [0.15, 0.2) is 5.72 Å². The van der Waals surface area contributed by atoms with E-state index >= 15 is 0 Å². The number of halogens is 1. The molecule has 0 unspecified atom stereocenters. The molecule has 2 aliphatic rings. The predicted molar refractivity (Wildman–Crippen MR) is 134 cm³/mol. The Labute approximate surface area is 209 Å². The third-order valence-corrected chi connectivity index (χ3v) is 6.83. The number of piperidine rings is 1. The maximum Gasteiger partial charge on any atom is 0.328 e. The van der Waals surface area contributed by atoms with E-state index in [0.717, 1.165) is 30.3 Å². The number of hydrogen-bond donors (Lipinski definition) is 1. The third kappa shape index (κ3) is 5.02. The fourth-order valence-corrected chi connectivity index (χ4v) is 4.93. The maximum atomic E-state index is 13.8. The van der Waals surface area contributed by atoms with Gasteiger partial charge in [-0.3, -0.25) is 14.6 Å². The zero-order valence-corrected chi connectivity index (χ0v) is 19.8. The zero-order valence-electron chi connectivity index (χ0n) is 19.8. The Kier molecular flexibility index (Phi) is 6.57. The standard InChI is InChI=1S/C29H27FN2O4/c30-24-10-6-23(7-11-24)19-31-16-14-29(15-17-31)32(20-22-4-2-1-3-5-22)28(35)25-18-21(9-13-27(33)34)8-12-26(25)36-29/h1-13,18H,14-17,19-20H2,(H,33,34)/b13-9+. The Balaban J connectivity index is 1.41. The van der Waals surface area contributed by atoms with Crippen molar-refractivity contribution in [3.63, 3.8) is 0 Å². The van der Waals surface area contributed by atoms with Gasteiger partial charge in [0.25, 0.3) is 5.91 Å². The van der Waals surface area contributed by atoms with Crippen LogP contribution >= 0.6 is 0 Å². The second-order valence-corrected chi connectivity index (χ2v) is 9.25. The van der Waals surface area contributed by atoms with Crippen LogP contribution in [-0.2, 0) is 17.9 Å². The lowest BCUT2D eigenvalue weighted by Gasteiger charge is -2.51. The van der Waals surface area contributed by atoms with Gasteiger partial charge in [0.2, 0.25) is 0 Å². The van der Waals surface area contributed by atoms with E-state index < -0.39 is 11.7 Å². The molecule has 1 amide bonds. The first-order chi connectivity index (χ1) is 17.4. The number of rotatable bonds is 6.